The van der Waals surface area contributed by atoms with Gasteiger partial charge >= 0.3 is 96.4 Å². The van der Waals surface area contributed by atoms with Crippen LogP contribution in [-0.4, -0.2) is 0 Å². The molecular weight excluding hydrogens is 310 g/mol. The SMILES string of the molecule is [Cl-].[Cl-].[Cl-].[Ti+3][CH](c1ccccc1)c1ccccc1. The van der Waals surface area contributed by atoms with Crippen LogP contribution in [0.5, 0.6) is 0 Å². The van der Waals surface area contributed by atoms with E-state index in [1.807, 2.05) is 0 Å². The quantitative estimate of drug-likeness (QED) is 0.484. The molecule has 2 aromatic rings. The van der Waals surface area contributed by atoms with Crippen LogP contribution in [0.25, 0.3) is 0 Å². The van der Waals surface area contributed by atoms with Gasteiger partial charge in [0.25, 0.3) is 0 Å². The van der Waals surface area contributed by atoms with Gasteiger partial charge in [-0.1, -0.05) is 0 Å². The average Bonchev–Trinajstić information content (AvgIpc) is 2.30. The summed E-state index contributed by atoms with van der Waals surface area (Å²) in [7, 11) is 0. The average molecular weight is 321 g/mol. The van der Waals surface area contributed by atoms with Gasteiger partial charge in [0.15, 0.2) is 0 Å². The summed E-state index contributed by atoms with van der Waals surface area (Å²) in [4.78, 5) is 0. The molecular formula is C13H11Cl3Ti. The Morgan fingerprint density at radius 3 is 1.18 bits per heavy atom. The van der Waals surface area contributed by atoms with E-state index in [9.17, 15) is 0 Å². The van der Waals surface area contributed by atoms with Crippen LogP contribution in [0.15, 0.2) is 60.7 Å². The van der Waals surface area contributed by atoms with Crippen LogP contribution >= 0.6 is 0 Å². The van der Waals surface area contributed by atoms with Gasteiger partial charge in [0.2, 0.25) is 0 Å². The van der Waals surface area contributed by atoms with Gasteiger partial charge < -0.3 is 37.2 Å². The first-order chi connectivity index (χ1) is 6.88. The molecule has 0 aliphatic rings. The van der Waals surface area contributed by atoms with Crippen LogP contribution in [-0.2, 0) is 20.4 Å². The number of rotatable bonds is 2. The molecule has 0 unspecified atom stereocenters. The van der Waals surface area contributed by atoms with Crippen molar-refractivity contribution < 1.29 is 57.7 Å². The van der Waals surface area contributed by atoms with Crippen molar-refractivity contribution in [3.05, 3.63) is 71.8 Å². The Bertz CT molecular complexity index is 352. The van der Waals surface area contributed by atoms with E-state index >= 15 is 0 Å². The van der Waals surface area contributed by atoms with Crippen LogP contribution in [0.1, 0.15) is 15.3 Å². The Labute approximate surface area is 133 Å². The molecule has 0 aliphatic heterocycles. The zero-order chi connectivity index (χ0) is 9.80. The molecule has 0 nitrogen and oxygen atoms in total. The summed E-state index contributed by atoms with van der Waals surface area (Å²) in [5.74, 6) is 0. The van der Waals surface area contributed by atoms with Gasteiger partial charge in [-0.25, -0.2) is 0 Å². The van der Waals surface area contributed by atoms with Gasteiger partial charge in [-0.2, -0.15) is 0 Å². The van der Waals surface area contributed by atoms with Crippen molar-refractivity contribution in [1.82, 2.24) is 0 Å². The molecule has 0 bridgehead atoms. The van der Waals surface area contributed by atoms with Crippen LogP contribution in [0.2, 0.25) is 0 Å². The molecule has 0 aromatic heterocycles. The number of hydrogen-bond donors (Lipinski definition) is 0. The Hall–Kier alpha value is 0.0243. The van der Waals surface area contributed by atoms with Crippen molar-refractivity contribution in [2.75, 3.05) is 0 Å². The van der Waals surface area contributed by atoms with Gasteiger partial charge in [-0.15, -0.1) is 0 Å². The molecule has 0 amide bonds. The molecule has 0 fully saturated rings. The number of benzene rings is 2. The van der Waals surface area contributed by atoms with Crippen LogP contribution in [0.4, 0.5) is 0 Å². The summed E-state index contributed by atoms with van der Waals surface area (Å²) < 4.78 is 0.484. The zero-order valence-electron chi connectivity index (χ0n) is 8.98. The second-order valence-electron chi connectivity index (χ2n) is 3.25. The van der Waals surface area contributed by atoms with Gasteiger partial charge in [-0.05, 0) is 0 Å². The molecule has 17 heavy (non-hydrogen) atoms. The Kier molecular flexibility index (Phi) is 11.4. The fraction of sp³-hybridized carbons (Fsp3) is 0.0769. The molecule has 2 aromatic carbocycles. The molecule has 0 heterocycles. The summed E-state index contributed by atoms with van der Waals surface area (Å²) in [6, 6.07) is 21.2. The van der Waals surface area contributed by atoms with E-state index < -0.39 is 0 Å². The maximum absolute atomic E-state index is 2.24. The summed E-state index contributed by atoms with van der Waals surface area (Å²) in [5, 5.41) is 0. The molecule has 0 saturated carbocycles. The van der Waals surface area contributed by atoms with Crippen molar-refractivity contribution in [2.24, 2.45) is 0 Å². The fourth-order valence-corrected chi connectivity index (χ4v) is 2.08. The normalized spacial score (nSPS) is 8.65. The van der Waals surface area contributed by atoms with E-state index in [4.69, 9.17) is 0 Å². The molecule has 4 heteroatoms. The molecule has 0 aliphatic carbocycles. The summed E-state index contributed by atoms with van der Waals surface area (Å²) in [6.07, 6.45) is 0. The number of hydrogen-bond acceptors (Lipinski definition) is 0. The third-order valence-electron chi connectivity index (χ3n) is 2.27. The van der Waals surface area contributed by atoms with E-state index in [0.29, 0.717) is 4.22 Å². The fourth-order valence-electron chi connectivity index (χ4n) is 1.48. The first-order valence-electron chi connectivity index (χ1n) is 4.69. The first kappa shape index (κ1) is 19.4. The van der Waals surface area contributed by atoms with Crippen molar-refractivity contribution in [3.8, 4) is 0 Å². The third-order valence-corrected chi connectivity index (χ3v) is 3.31. The van der Waals surface area contributed by atoms with Crippen molar-refractivity contribution in [2.45, 2.75) is 4.22 Å². The second kappa shape index (κ2) is 9.99. The van der Waals surface area contributed by atoms with Crippen LogP contribution in [0.3, 0.4) is 0 Å². The Morgan fingerprint density at radius 2 is 0.882 bits per heavy atom. The maximum atomic E-state index is 2.24. The topological polar surface area (TPSA) is 0 Å². The molecule has 0 atom stereocenters. The van der Waals surface area contributed by atoms with E-state index in [0.717, 1.165) is 0 Å². The predicted molar refractivity (Wildman–Crippen MR) is 54.7 cm³/mol. The Morgan fingerprint density at radius 1 is 0.588 bits per heavy atom. The molecule has 0 spiro atoms. The third kappa shape index (κ3) is 5.46. The number of halogens is 3. The summed E-state index contributed by atoms with van der Waals surface area (Å²) in [5.41, 5.74) is 2.75. The minimum absolute atomic E-state index is 0. The minimum atomic E-state index is 0. The second-order valence-corrected chi connectivity index (χ2v) is 4.16. The molecule has 2 rings (SSSR count). The van der Waals surface area contributed by atoms with E-state index in [-0.39, 0.29) is 37.2 Å². The zero-order valence-corrected chi connectivity index (χ0v) is 12.8. The summed E-state index contributed by atoms with van der Waals surface area (Å²) in [6.45, 7) is 0. The van der Waals surface area contributed by atoms with Crippen molar-refractivity contribution in [3.63, 3.8) is 0 Å². The van der Waals surface area contributed by atoms with Gasteiger partial charge in [0, 0.05) is 0 Å². The van der Waals surface area contributed by atoms with E-state index in [2.05, 4.69) is 81.1 Å². The molecule has 0 radical (unpaired) electrons. The van der Waals surface area contributed by atoms with Crippen LogP contribution < -0.4 is 37.2 Å². The van der Waals surface area contributed by atoms with Gasteiger partial charge in [0.05, 0.1) is 0 Å². The predicted octanol–water partition coefficient (Wildman–Crippen LogP) is -5.67. The molecule has 0 saturated heterocycles. The van der Waals surface area contributed by atoms with Crippen molar-refractivity contribution in [1.29, 1.82) is 0 Å². The standard InChI is InChI=1S/C13H11.3ClH.Ti/c1-3-7-12(8-4-1)11-13-9-5-2-6-10-13;;;;/h1-11H;3*1H;/q;;;;+3/p-3. The van der Waals surface area contributed by atoms with Gasteiger partial charge in [0.1, 0.15) is 0 Å². The molecule has 0 N–H and O–H groups in total. The van der Waals surface area contributed by atoms with Gasteiger partial charge in [-0.3, -0.25) is 0 Å². The van der Waals surface area contributed by atoms with Crippen molar-refractivity contribution >= 4 is 0 Å². The van der Waals surface area contributed by atoms with E-state index in [1.54, 1.807) is 0 Å². The first-order valence-corrected chi connectivity index (χ1v) is 5.59. The summed E-state index contributed by atoms with van der Waals surface area (Å²) >= 11 is 2.24. The Balaban J connectivity index is 0. The van der Waals surface area contributed by atoms with Crippen LogP contribution in [0, 0.1) is 0 Å². The monoisotopic (exact) mass is 320 g/mol. The molecule has 88 valence electrons. The van der Waals surface area contributed by atoms with E-state index in [1.165, 1.54) is 11.1 Å².